The molecule has 0 N–H and O–H groups in total. The van der Waals surface area contributed by atoms with Gasteiger partial charge in [-0.15, -0.1) is 0 Å². The first-order valence-electron chi connectivity index (χ1n) is 6.73. The molecule has 0 aliphatic carbocycles. The van der Waals surface area contributed by atoms with Crippen LogP contribution in [-0.4, -0.2) is 55.2 Å². The van der Waals surface area contributed by atoms with Crippen molar-refractivity contribution < 1.29 is 9.53 Å². The van der Waals surface area contributed by atoms with E-state index >= 15 is 0 Å². The van der Waals surface area contributed by atoms with Gasteiger partial charge in [0.15, 0.2) is 0 Å². The van der Waals surface area contributed by atoms with Gasteiger partial charge < -0.3 is 9.64 Å². The van der Waals surface area contributed by atoms with Crippen LogP contribution in [0.1, 0.15) is 39.5 Å². The highest BCUT2D eigenvalue weighted by atomic mass is 16.6. The van der Waals surface area contributed by atoms with Gasteiger partial charge in [0.2, 0.25) is 0 Å². The molecule has 4 nitrogen and oxygen atoms in total. The molecule has 2 aliphatic heterocycles. The fourth-order valence-corrected chi connectivity index (χ4v) is 2.79. The van der Waals surface area contributed by atoms with E-state index in [4.69, 9.17) is 4.74 Å². The first kappa shape index (κ1) is 14.3. The molecule has 100 valence electrons. The third-order valence-electron chi connectivity index (χ3n) is 3.64. The molecule has 0 spiro atoms. The largest absolute Gasteiger partial charge is 0.447 e. The van der Waals surface area contributed by atoms with Crippen molar-refractivity contribution in [3.05, 3.63) is 0 Å². The molecule has 17 heavy (non-hydrogen) atoms. The number of carbonyl (C=O) groups excluding carboxylic acids is 1. The highest BCUT2D eigenvalue weighted by molar-refractivity contribution is 5.66. The van der Waals surface area contributed by atoms with E-state index in [2.05, 4.69) is 4.90 Å². The molecule has 1 amide bonds. The number of hydrogen-bond acceptors (Lipinski definition) is 3. The minimum absolute atomic E-state index is 0.186. The minimum Gasteiger partial charge on any atom is -0.447 e. The van der Waals surface area contributed by atoms with Gasteiger partial charge >= 0.3 is 6.09 Å². The van der Waals surface area contributed by atoms with Gasteiger partial charge in [0, 0.05) is 14.1 Å². The first-order chi connectivity index (χ1) is 8.14. The van der Waals surface area contributed by atoms with Crippen LogP contribution in [0.4, 0.5) is 4.79 Å². The summed E-state index contributed by atoms with van der Waals surface area (Å²) in [5.41, 5.74) is 0.186. The second kappa shape index (κ2) is 6.24. The van der Waals surface area contributed by atoms with Crippen LogP contribution in [0.2, 0.25) is 0 Å². The van der Waals surface area contributed by atoms with Gasteiger partial charge in [-0.05, 0) is 38.8 Å². The summed E-state index contributed by atoms with van der Waals surface area (Å²) in [6.07, 6.45) is 4.66. The molecule has 2 aliphatic rings. The van der Waals surface area contributed by atoms with E-state index in [0.29, 0.717) is 6.61 Å². The lowest BCUT2D eigenvalue weighted by Gasteiger charge is -2.31. The molecule has 0 aromatic heterocycles. The summed E-state index contributed by atoms with van der Waals surface area (Å²) in [6.45, 7) is 6.93. The number of nitrogens with zero attached hydrogens (tertiary/aromatic N) is 2. The Morgan fingerprint density at radius 2 is 1.76 bits per heavy atom. The second-order valence-corrected chi connectivity index (χ2v) is 4.87. The Kier molecular flexibility index (Phi) is 5.25. The van der Waals surface area contributed by atoms with Gasteiger partial charge in [0.25, 0.3) is 0 Å². The number of amides is 1. The van der Waals surface area contributed by atoms with Crippen molar-refractivity contribution in [1.82, 2.24) is 9.80 Å². The zero-order chi connectivity index (χ0) is 12.9. The Morgan fingerprint density at radius 1 is 1.24 bits per heavy atom. The molecule has 0 aromatic carbocycles. The maximum Gasteiger partial charge on any atom is 0.409 e. The standard InChI is InChI=1S/C11H20N2O2.C2H6/c1-12(2)10(14)15-9-11-5-3-7-13(11)8-4-6-11;1-2/h3-9H2,1-2H3;1-2H3. The average molecular weight is 242 g/mol. The van der Waals surface area contributed by atoms with Crippen molar-refractivity contribution in [2.24, 2.45) is 0 Å². The van der Waals surface area contributed by atoms with Crippen LogP contribution >= 0.6 is 0 Å². The number of ether oxygens (including phenoxy) is 1. The highest BCUT2D eigenvalue weighted by Gasteiger charge is 2.45. The molecular formula is C13H26N2O2. The number of carbonyl (C=O) groups is 1. The van der Waals surface area contributed by atoms with E-state index in [1.165, 1.54) is 43.7 Å². The topological polar surface area (TPSA) is 32.8 Å². The molecule has 0 radical (unpaired) electrons. The number of rotatable bonds is 2. The third-order valence-corrected chi connectivity index (χ3v) is 3.64. The maximum absolute atomic E-state index is 11.4. The summed E-state index contributed by atoms with van der Waals surface area (Å²) in [7, 11) is 3.45. The summed E-state index contributed by atoms with van der Waals surface area (Å²) in [4.78, 5) is 15.4. The van der Waals surface area contributed by atoms with Crippen LogP contribution in [-0.2, 0) is 4.74 Å². The number of fused-ring (bicyclic) bond motifs is 1. The Balaban J connectivity index is 0.000000686. The predicted molar refractivity (Wildman–Crippen MR) is 69.2 cm³/mol. The fourth-order valence-electron chi connectivity index (χ4n) is 2.79. The Morgan fingerprint density at radius 3 is 2.24 bits per heavy atom. The smallest absolute Gasteiger partial charge is 0.409 e. The molecule has 2 heterocycles. The minimum atomic E-state index is -0.219. The van der Waals surface area contributed by atoms with Crippen molar-refractivity contribution in [3.8, 4) is 0 Å². The molecule has 0 unspecified atom stereocenters. The zero-order valence-corrected chi connectivity index (χ0v) is 11.7. The lowest BCUT2D eigenvalue weighted by atomic mass is 9.95. The van der Waals surface area contributed by atoms with Crippen molar-refractivity contribution in [2.75, 3.05) is 33.8 Å². The SMILES string of the molecule is CC.CN(C)C(=O)OCC12CCCN1CCC2. The maximum atomic E-state index is 11.4. The average Bonchev–Trinajstić information content (AvgIpc) is 2.87. The van der Waals surface area contributed by atoms with Crippen molar-refractivity contribution in [1.29, 1.82) is 0 Å². The van der Waals surface area contributed by atoms with E-state index in [1.54, 1.807) is 14.1 Å². The van der Waals surface area contributed by atoms with Gasteiger partial charge in [0.1, 0.15) is 6.61 Å². The summed E-state index contributed by atoms with van der Waals surface area (Å²) in [5, 5.41) is 0. The van der Waals surface area contributed by atoms with E-state index in [1.807, 2.05) is 13.8 Å². The number of hydrogen-bond donors (Lipinski definition) is 0. The Labute approximate surface area is 105 Å². The van der Waals surface area contributed by atoms with Crippen LogP contribution in [0.3, 0.4) is 0 Å². The van der Waals surface area contributed by atoms with Gasteiger partial charge in [-0.3, -0.25) is 4.90 Å². The van der Waals surface area contributed by atoms with Crippen molar-refractivity contribution in [2.45, 2.75) is 45.1 Å². The lowest BCUT2D eigenvalue weighted by molar-refractivity contribution is 0.0552. The van der Waals surface area contributed by atoms with Crippen LogP contribution in [0.5, 0.6) is 0 Å². The molecule has 2 rings (SSSR count). The highest BCUT2D eigenvalue weighted by Crippen LogP contribution is 2.38. The van der Waals surface area contributed by atoms with E-state index in [9.17, 15) is 4.79 Å². The van der Waals surface area contributed by atoms with Gasteiger partial charge in [0.05, 0.1) is 5.54 Å². The van der Waals surface area contributed by atoms with Gasteiger partial charge in [-0.1, -0.05) is 13.8 Å². The summed E-state index contributed by atoms with van der Waals surface area (Å²) in [5.74, 6) is 0. The van der Waals surface area contributed by atoms with Crippen LogP contribution < -0.4 is 0 Å². The fraction of sp³-hybridized carbons (Fsp3) is 0.923. The zero-order valence-electron chi connectivity index (χ0n) is 11.7. The molecule has 0 atom stereocenters. The Hall–Kier alpha value is -0.770. The molecule has 0 saturated carbocycles. The molecule has 2 saturated heterocycles. The van der Waals surface area contributed by atoms with E-state index in [-0.39, 0.29) is 11.6 Å². The normalized spacial score (nSPS) is 21.4. The summed E-state index contributed by atoms with van der Waals surface area (Å²) in [6, 6.07) is 0. The second-order valence-electron chi connectivity index (χ2n) is 4.87. The van der Waals surface area contributed by atoms with Gasteiger partial charge in [-0.2, -0.15) is 0 Å². The van der Waals surface area contributed by atoms with Crippen LogP contribution in [0.15, 0.2) is 0 Å². The van der Waals surface area contributed by atoms with Crippen LogP contribution in [0, 0.1) is 0 Å². The van der Waals surface area contributed by atoms with Crippen molar-refractivity contribution >= 4 is 6.09 Å². The molecular weight excluding hydrogens is 216 g/mol. The molecule has 4 heteroatoms. The monoisotopic (exact) mass is 242 g/mol. The molecule has 0 aromatic rings. The van der Waals surface area contributed by atoms with Crippen LogP contribution in [0.25, 0.3) is 0 Å². The quantitative estimate of drug-likeness (QED) is 0.745. The summed E-state index contributed by atoms with van der Waals surface area (Å²) < 4.78 is 5.34. The van der Waals surface area contributed by atoms with Crippen molar-refractivity contribution in [3.63, 3.8) is 0 Å². The van der Waals surface area contributed by atoms with E-state index in [0.717, 1.165) is 0 Å². The van der Waals surface area contributed by atoms with Gasteiger partial charge in [-0.25, -0.2) is 4.79 Å². The summed E-state index contributed by atoms with van der Waals surface area (Å²) >= 11 is 0. The first-order valence-corrected chi connectivity index (χ1v) is 6.73. The van der Waals surface area contributed by atoms with E-state index < -0.39 is 0 Å². The molecule has 0 bridgehead atoms. The lowest BCUT2D eigenvalue weighted by Crippen LogP contribution is -2.43. The molecule has 2 fully saturated rings. The Bertz CT molecular complexity index is 244. The predicted octanol–water partition coefficient (Wildman–Crippen LogP) is 2.34. The third kappa shape index (κ3) is 3.12.